The highest BCUT2D eigenvalue weighted by atomic mass is 32.1. The van der Waals surface area contributed by atoms with Gasteiger partial charge in [-0.15, -0.1) is 11.3 Å². The molecule has 0 bridgehead atoms. The van der Waals surface area contributed by atoms with E-state index >= 15 is 0 Å². The second-order valence-electron chi connectivity index (χ2n) is 12.7. The fourth-order valence-electron chi connectivity index (χ4n) is 5.78. The normalized spacial score (nSPS) is 14.7. The maximum absolute atomic E-state index is 13.3. The van der Waals surface area contributed by atoms with Crippen molar-refractivity contribution in [2.75, 3.05) is 32.1 Å². The van der Waals surface area contributed by atoms with Gasteiger partial charge in [0.15, 0.2) is 0 Å². The minimum Gasteiger partial charge on any atom is -0.457 e. The summed E-state index contributed by atoms with van der Waals surface area (Å²) in [5, 5.41) is 12.4. The molecule has 0 spiro atoms. The first-order valence-corrected chi connectivity index (χ1v) is 18.5. The van der Waals surface area contributed by atoms with E-state index in [0.717, 1.165) is 4.88 Å². The predicted octanol–water partition coefficient (Wildman–Crippen LogP) is 5.64. The number of carbonyl (C=O) groups excluding carboxylic acids is 5. The molecular formula is C41H37F2N5O8S. The molecule has 0 unspecified atom stereocenters. The predicted molar refractivity (Wildman–Crippen MR) is 206 cm³/mol. The molecule has 6 rings (SSSR count). The molecule has 1 aromatic heterocycles. The van der Waals surface area contributed by atoms with Gasteiger partial charge in [0.05, 0.1) is 31.4 Å². The van der Waals surface area contributed by atoms with E-state index in [0.29, 0.717) is 34.2 Å². The van der Waals surface area contributed by atoms with Gasteiger partial charge in [0.2, 0.25) is 17.7 Å². The van der Waals surface area contributed by atoms with Crippen LogP contribution in [0.4, 0.5) is 14.5 Å². The van der Waals surface area contributed by atoms with Crippen LogP contribution in [-0.4, -0.2) is 73.3 Å². The van der Waals surface area contributed by atoms with Crippen LogP contribution in [0.2, 0.25) is 0 Å². The molecule has 0 saturated carbocycles. The number of amides is 5. The van der Waals surface area contributed by atoms with Gasteiger partial charge in [-0.3, -0.25) is 24.0 Å². The Kier molecular flexibility index (Phi) is 13.2. The average molecular weight is 798 g/mol. The fraction of sp³-hybridized carbons (Fsp3) is 0.195. The van der Waals surface area contributed by atoms with Gasteiger partial charge < -0.3 is 40.4 Å². The van der Waals surface area contributed by atoms with Gasteiger partial charge in [-0.05, 0) is 103 Å². The zero-order valence-electron chi connectivity index (χ0n) is 30.5. The van der Waals surface area contributed by atoms with Gasteiger partial charge in [-0.2, -0.15) is 0 Å². The van der Waals surface area contributed by atoms with Crippen LogP contribution in [0.25, 0.3) is 0 Å². The smallest absolute Gasteiger partial charge is 0.251 e. The van der Waals surface area contributed by atoms with Crippen LogP contribution in [0, 0.1) is 11.6 Å². The highest BCUT2D eigenvalue weighted by Crippen LogP contribution is 2.25. The molecule has 2 atom stereocenters. The van der Waals surface area contributed by atoms with E-state index < -0.39 is 35.6 Å². The van der Waals surface area contributed by atoms with E-state index in [4.69, 9.17) is 14.2 Å². The number of likely N-dealkylation sites (tertiary alicyclic amines) is 1. The standard InChI is InChI=1S/C41H37F2N5O8S/c1-54-34-19-36(48(23-34)38(50)22-46-40(52)26-4-12-31(13-5-26)56-33-16-8-28(43)9-17-33)41(53)44-20-35-18-29(24-57-35)47-37(49)21-45-39(51)25-2-10-30(11-3-25)55-32-14-6-27(42)7-15-32/h2-18,24,34,36H,19-23H2,1H3,(H,44,53)(H,45,51)(H,46,52)(H,47,49)/t34-,36+/m1/s1. The molecule has 5 aromatic rings. The molecule has 1 fully saturated rings. The number of methoxy groups -OCH3 is 1. The summed E-state index contributed by atoms with van der Waals surface area (Å²) in [4.78, 5) is 66.6. The molecule has 4 N–H and O–H groups in total. The molecule has 1 saturated heterocycles. The Bertz CT molecular complexity index is 2200. The van der Waals surface area contributed by atoms with Crippen LogP contribution in [0.3, 0.4) is 0 Å². The number of hydrogen-bond donors (Lipinski definition) is 4. The summed E-state index contributed by atoms with van der Waals surface area (Å²) in [6, 6.07) is 24.4. The zero-order valence-corrected chi connectivity index (χ0v) is 31.3. The summed E-state index contributed by atoms with van der Waals surface area (Å²) in [5.74, 6) is -1.29. The van der Waals surface area contributed by atoms with E-state index in [9.17, 15) is 32.8 Å². The van der Waals surface area contributed by atoms with Crippen molar-refractivity contribution in [2.24, 2.45) is 0 Å². The number of nitrogens with zero attached hydrogens (tertiary/aromatic N) is 1. The van der Waals surface area contributed by atoms with Crippen molar-refractivity contribution >= 4 is 46.6 Å². The molecule has 1 aliphatic heterocycles. The van der Waals surface area contributed by atoms with Crippen LogP contribution < -0.4 is 30.7 Å². The maximum atomic E-state index is 13.3. The minimum absolute atomic E-state index is 0.130. The molecule has 13 nitrogen and oxygen atoms in total. The topological polar surface area (TPSA) is 164 Å². The molecular weight excluding hydrogens is 761 g/mol. The second-order valence-corrected chi connectivity index (χ2v) is 13.7. The highest BCUT2D eigenvalue weighted by molar-refractivity contribution is 7.10. The Morgan fingerprint density at radius 1 is 0.702 bits per heavy atom. The molecule has 16 heteroatoms. The number of thiophene rings is 1. The van der Waals surface area contributed by atoms with Gasteiger partial charge in [-0.1, -0.05) is 0 Å². The third-order valence-electron chi connectivity index (χ3n) is 8.73. The van der Waals surface area contributed by atoms with Crippen molar-refractivity contribution in [1.29, 1.82) is 0 Å². The first-order valence-electron chi connectivity index (χ1n) is 17.6. The van der Waals surface area contributed by atoms with Gasteiger partial charge in [0.1, 0.15) is 40.7 Å². The summed E-state index contributed by atoms with van der Waals surface area (Å²) >= 11 is 1.30. The largest absolute Gasteiger partial charge is 0.457 e. The van der Waals surface area contributed by atoms with Gasteiger partial charge in [-0.25, -0.2) is 8.78 Å². The summed E-state index contributed by atoms with van der Waals surface area (Å²) in [5.41, 5.74) is 1.08. The number of ether oxygens (including phenoxy) is 3. The third kappa shape index (κ3) is 11.2. The van der Waals surface area contributed by atoms with Gasteiger partial charge in [0.25, 0.3) is 11.8 Å². The van der Waals surface area contributed by atoms with Crippen molar-refractivity contribution < 1.29 is 47.0 Å². The summed E-state index contributed by atoms with van der Waals surface area (Å²) < 4.78 is 43.0. The maximum Gasteiger partial charge on any atom is 0.251 e. The van der Waals surface area contributed by atoms with Crippen molar-refractivity contribution in [3.05, 3.63) is 136 Å². The first kappa shape index (κ1) is 40.0. The van der Waals surface area contributed by atoms with Crippen LogP contribution in [-0.2, 0) is 25.7 Å². The van der Waals surface area contributed by atoms with Gasteiger partial charge in [0, 0.05) is 41.5 Å². The number of carbonyl (C=O) groups is 5. The molecule has 0 radical (unpaired) electrons. The van der Waals surface area contributed by atoms with Crippen LogP contribution in [0.5, 0.6) is 23.0 Å². The number of anilines is 1. The molecule has 0 aliphatic carbocycles. The number of rotatable bonds is 15. The van der Waals surface area contributed by atoms with Crippen molar-refractivity contribution in [3.63, 3.8) is 0 Å². The number of nitrogens with one attached hydrogen (secondary N) is 4. The summed E-state index contributed by atoms with van der Waals surface area (Å²) in [6.07, 6.45) is -0.109. The van der Waals surface area contributed by atoms with Crippen LogP contribution in [0.15, 0.2) is 109 Å². The van der Waals surface area contributed by atoms with E-state index in [1.807, 2.05) is 0 Å². The lowest BCUT2D eigenvalue weighted by Gasteiger charge is -2.23. The third-order valence-corrected chi connectivity index (χ3v) is 9.67. The Hall–Kier alpha value is -6.65. The fourth-order valence-corrected chi connectivity index (χ4v) is 6.53. The van der Waals surface area contributed by atoms with Crippen LogP contribution >= 0.6 is 11.3 Å². The Morgan fingerprint density at radius 2 is 1.19 bits per heavy atom. The average Bonchev–Trinajstić information content (AvgIpc) is 3.87. The lowest BCUT2D eigenvalue weighted by molar-refractivity contribution is -0.137. The molecule has 1 aliphatic rings. The second kappa shape index (κ2) is 18.8. The molecule has 57 heavy (non-hydrogen) atoms. The number of benzene rings is 4. The molecule has 4 aromatic carbocycles. The Balaban J connectivity index is 0.927. The van der Waals surface area contributed by atoms with E-state index in [1.165, 1.54) is 96.1 Å². The SMILES string of the molecule is CO[C@@H]1C[C@@H](C(=O)NCc2cc(NC(=O)CNC(=O)c3ccc(Oc4ccc(F)cc4)cc3)cs2)N(C(=O)CNC(=O)c2ccc(Oc3ccc(F)cc3)cc2)C1. The van der Waals surface area contributed by atoms with Crippen molar-refractivity contribution in [1.82, 2.24) is 20.9 Å². The summed E-state index contributed by atoms with van der Waals surface area (Å²) in [6.45, 7) is -0.338. The van der Waals surface area contributed by atoms with E-state index in [1.54, 1.807) is 35.7 Å². The lowest BCUT2D eigenvalue weighted by Crippen LogP contribution is -2.48. The molecule has 294 valence electrons. The first-order chi connectivity index (χ1) is 27.5. The Morgan fingerprint density at radius 3 is 1.70 bits per heavy atom. The number of halogens is 2. The van der Waals surface area contributed by atoms with Crippen molar-refractivity contribution in [2.45, 2.75) is 25.1 Å². The van der Waals surface area contributed by atoms with Gasteiger partial charge >= 0.3 is 0 Å². The Labute approximate surface area is 329 Å². The molecule has 5 amide bonds. The minimum atomic E-state index is -0.830. The lowest BCUT2D eigenvalue weighted by atomic mass is 10.2. The quantitative estimate of drug-likeness (QED) is 0.106. The highest BCUT2D eigenvalue weighted by Gasteiger charge is 2.39. The van der Waals surface area contributed by atoms with Crippen LogP contribution in [0.1, 0.15) is 32.0 Å². The van der Waals surface area contributed by atoms with E-state index in [2.05, 4.69) is 21.3 Å². The summed E-state index contributed by atoms with van der Waals surface area (Å²) in [7, 11) is 1.50. The van der Waals surface area contributed by atoms with E-state index in [-0.39, 0.29) is 55.9 Å². The molecule has 2 heterocycles. The monoisotopic (exact) mass is 797 g/mol. The number of hydrogen-bond acceptors (Lipinski definition) is 9. The zero-order chi connectivity index (χ0) is 40.3. The van der Waals surface area contributed by atoms with Crippen molar-refractivity contribution in [3.8, 4) is 23.0 Å².